The van der Waals surface area contributed by atoms with Crippen molar-refractivity contribution in [3.63, 3.8) is 0 Å². The lowest BCUT2D eigenvalue weighted by Crippen LogP contribution is -2.31. The summed E-state index contributed by atoms with van der Waals surface area (Å²) in [6.45, 7) is 4.72. The highest BCUT2D eigenvalue weighted by Gasteiger charge is 2.31. The van der Waals surface area contributed by atoms with E-state index in [1.54, 1.807) is 0 Å². The lowest BCUT2D eigenvalue weighted by molar-refractivity contribution is -0.0441. The van der Waals surface area contributed by atoms with Gasteiger partial charge in [-0.25, -0.2) is 0 Å². The average Bonchev–Trinajstić information content (AvgIpc) is 2.84. The fourth-order valence-corrected chi connectivity index (χ4v) is 4.72. The summed E-state index contributed by atoms with van der Waals surface area (Å²) >= 11 is 11.4. The van der Waals surface area contributed by atoms with Gasteiger partial charge in [0.25, 0.3) is 0 Å². The van der Waals surface area contributed by atoms with Gasteiger partial charge in [0.15, 0.2) is 4.77 Å². The van der Waals surface area contributed by atoms with Gasteiger partial charge in [0.05, 0.1) is 17.6 Å². The molecule has 23 heavy (non-hydrogen) atoms. The number of H-pyrrole nitrogens is 1. The molecule has 0 unspecified atom stereocenters. The van der Waals surface area contributed by atoms with Gasteiger partial charge in [0.2, 0.25) is 5.71 Å². The smallest absolute Gasteiger partial charge is 0.209 e. The molecule has 0 spiro atoms. The van der Waals surface area contributed by atoms with Gasteiger partial charge in [0.1, 0.15) is 10.4 Å². The van der Waals surface area contributed by atoms with Gasteiger partial charge in [-0.15, -0.1) is 0 Å². The number of nitrogens with zero attached hydrogens (tertiary/aromatic N) is 1. The molecule has 4 rings (SSSR count). The van der Waals surface area contributed by atoms with Gasteiger partial charge in [-0.1, -0.05) is 31.5 Å². The Morgan fingerprint density at radius 1 is 1.17 bits per heavy atom. The van der Waals surface area contributed by atoms with Gasteiger partial charge >= 0.3 is 0 Å². The molecule has 0 saturated heterocycles. The van der Waals surface area contributed by atoms with Crippen LogP contribution in [-0.4, -0.2) is 15.2 Å². The number of aromatic nitrogens is 2. The SMILES string of the molecule is CC1(C)Cc2oc3[nH]c(=S)n(C4CCCCC4)c(=S)c3c2CO1. The third kappa shape index (κ3) is 2.61. The summed E-state index contributed by atoms with van der Waals surface area (Å²) in [6, 6.07) is 0.413. The van der Waals surface area contributed by atoms with Gasteiger partial charge in [0, 0.05) is 18.0 Å². The molecule has 0 amide bonds. The van der Waals surface area contributed by atoms with Crippen LogP contribution in [0.2, 0.25) is 0 Å². The zero-order valence-corrected chi connectivity index (χ0v) is 15.2. The highest BCUT2D eigenvalue weighted by atomic mass is 32.1. The van der Waals surface area contributed by atoms with Crippen LogP contribution in [0.3, 0.4) is 0 Å². The predicted octanol–water partition coefficient (Wildman–Crippen LogP) is 5.38. The molecule has 2 aromatic rings. The Morgan fingerprint density at radius 2 is 1.91 bits per heavy atom. The van der Waals surface area contributed by atoms with Crippen LogP contribution in [0, 0.1) is 9.41 Å². The normalized spacial score (nSPS) is 21.5. The third-order valence-electron chi connectivity index (χ3n) is 5.10. The van der Waals surface area contributed by atoms with E-state index in [9.17, 15) is 0 Å². The van der Waals surface area contributed by atoms with Gasteiger partial charge in [-0.05, 0) is 38.9 Å². The zero-order chi connectivity index (χ0) is 16.2. The van der Waals surface area contributed by atoms with Crippen LogP contribution in [-0.2, 0) is 17.8 Å². The molecule has 1 aliphatic carbocycles. The fraction of sp³-hybridized carbons (Fsp3) is 0.647. The number of hydrogen-bond acceptors (Lipinski definition) is 4. The number of furan rings is 1. The molecule has 0 bridgehead atoms. The van der Waals surface area contributed by atoms with Crippen molar-refractivity contribution in [2.24, 2.45) is 0 Å². The second kappa shape index (κ2) is 5.53. The summed E-state index contributed by atoms with van der Waals surface area (Å²) < 4.78 is 15.7. The first-order chi connectivity index (χ1) is 11.0. The molecule has 0 aromatic carbocycles. The summed E-state index contributed by atoms with van der Waals surface area (Å²) in [5.41, 5.74) is 1.61. The molecule has 1 saturated carbocycles. The first kappa shape index (κ1) is 15.5. The number of ether oxygens (including phenoxy) is 1. The Morgan fingerprint density at radius 3 is 2.65 bits per heavy atom. The minimum atomic E-state index is -0.196. The second-order valence-electron chi connectivity index (χ2n) is 7.33. The highest BCUT2D eigenvalue weighted by Crippen LogP contribution is 2.36. The van der Waals surface area contributed by atoms with Crippen molar-refractivity contribution in [2.45, 2.75) is 70.6 Å². The van der Waals surface area contributed by atoms with Crippen LogP contribution >= 0.6 is 24.4 Å². The first-order valence-corrected chi connectivity index (χ1v) is 9.21. The molecular formula is C17H22N2O2S2. The molecule has 1 aliphatic heterocycles. The van der Waals surface area contributed by atoms with Crippen molar-refractivity contribution < 1.29 is 9.15 Å². The highest BCUT2D eigenvalue weighted by molar-refractivity contribution is 7.72. The minimum Gasteiger partial charge on any atom is -0.444 e. The summed E-state index contributed by atoms with van der Waals surface area (Å²) in [7, 11) is 0. The zero-order valence-electron chi connectivity index (χ0n) is 13.6. The molecule has 1 fully saturated rings. The van der Waals surface area contributed by atoms with Crippen LogP contribution in [0.4, 0.5) is 0 Å². The molecule has 124 valence electrons. The van der Waals surface area contributed by atoms with E-state index in [4.69, 9.17) is 33.6 Å². The first-order valence-electron chi connectivity index (χ1n) is 8.39. The summed E-state index contributed by atoms with van der Waals surface area (Å²) in [5.74, 6) is 0.981. The van der Waals surface area contributed by atoms with Gasteiger partial charge in [-0.3, -0.25) is 0 Å². The van der Waals surface area contributed by atoms with Crippen LogP contribution in [0.15, 0.2) is 4.42 Å². The third-order valence-corrected chi connectivity index (χ3v) is 5.80. The van der Waals surface area contributed by atoms with Crippen LogP contribution in [0.5, 0.6) is 0 Å². The molecule has 0 radical (unpaired) electrons. The molecule has 6 heteroatoms. The topological polar surface area (TPSA) is 43.1 Å². The average molecular weight is 351 g/mol. The van der Waals surface area contributed by atoms with E-state index in [2.05, 4.69) is 23.4 Å². The maximum atomic E-state index is 6.05. The second-order valence-corrected chi connectivity index (χ2v) is 8.10. The number of fused-ring (bicyclic) bond motifs is 3. The van der Waals surface area contributed by atoms with E-state index < -0.39 is 0 Å². The number of nitrogens with one attached hydrogen (secondary N) is 1. The maximum absolute atomic E-state index is 6.05. The van der Waals surface area contributed by atoms with Crippen molar-refractivity contribution >= 4 is 35.5 Å². The molecule has 4 nitrogen and oxygen atoms in total. The van der Waals surface area contributed by atoms with Gasteiger partial charge in [-0.2, -0.15) is 0 Å². The Balaban J connectivity index is 1.91. The monoisotopic (exact) mass is 350 g/mol. The van der Waals surface area contributed by atoms with E-state index in [0.717, 1.165) is 40.6 Å². The summed E-state index contributed by atoms with van der Waals surface area (Å²) in [5, 5.41) is 0.990. The Labute approximate surface area is 145 Å². The molecule has 2 aliphatic rings. The fourth-order valence-electron chi connectivity index (χ4n) is 3.87. The molecular weight excluding hydrogens is 328 g/mol. The van der Waals surface area contributed by atoms with E-state index in [1.165, 1.54) is 19.3 Å². The molecule has 3 heterocycles. The minimum absolute atomic E-state index is 0.196. The van der Waals surface area contributed by atoms with Crippen LogP contribution < -0.4 is 0 Å². The van der Waals surface area contributed by atoms with E-state index in [0.29, 0.717) is 23.1 Å². The van der Waals surface area contributed by atoms with E-state index in [1.807, 2.05) is 0 Å². The van der Waals surface area contributed by atoms with Crippen LogP contribution in [0.1, 0.15) is 63.3 Å². The molecule has 1 N–H and O–H groups in total. The van der Waals surface area contributed by atoms with Crippen molar-refractivity contribution in [2.75, 3.05) is 0 Å². The maximum Gasteiger partial charge on any atom is 0.209 e. The lowest BCUT2D eigenvalue weighted by Gasteiger charge is -2.29. The quantitative estimate of drug-likeness (QED) is 0.701. The number of aromatic amines is 1. The number of hydrogen-bond donors (Lipinski definition) is 1. The Bertz CT molecular complexity index is 869. The lowest BCUT2D eigenvalue weighted by atomic mass is 9.95. The van der Waals surface area contributed by atoms with Crippen molar-refractivity contribution in [3.8, 4) is 0 Å². The van der Waals surface area contributed by atoms with Gasteiger partial charge < -0.3 is 18.7 Å². The van der Waals surface area contributed by atoms with Crippen molar-refractivity contribution in [3.05, 3.63) is 20.7 Å². The van der Waals surface area contributed by atoms with E-state index in [-0.39, 0.29) is 5.60 Å². The number of rotatable bonds is 1. The predicted molar refractivity (Wildman–Crippen MR) is 94.9 cm³/mol. The molecule has 0 atom stereocenters. The largest absolute Gasteiger partial charge is 0.444 e. The molecule has 2 aromatic heterocycles. The van der Waals surface area contributed by atoms with Crippen LogP contribution in [0.25, 0.3) is 11.1 Å². The summed E-state index contributed by atoms with van der Waals surface area (Å²) in [6.07, 6.45) is 6.88. The van der Waals surface area contributed by atoms with Crippen molar-refractivity contribution in [1.82, 2.24) is 9.55 Å². The Hall–Kier alpha value is -0.980. The Kier molecular flexibility index (Phi) is 3.74. The standard InChI is InChI=1S/C17H22N2O2S2/c1-17(2)8-12-11(9-20-17)13-14(21-12)18-16(23)19(15(13)22)10-6-4-3-5-7-10/h10H,3-9H2,1-2H3,(H,18,23). The van der Waals surface area contributed by atoms with E-state index >= 15 is 0 Å². The summed E-state index contributed by atoms with van der Waals surface area (Å²) in [4.78, 5) is 3.27. The van der Waals surface area contributed by atoms with Crippen molar-refractivity contribution in [1.29, 1.82) is 0 Å².